The summed E-state index contributed by atoms with van der Waals surface area (Å²) < 4.78 is 28.6. The molecule has 8 nitrogen and oxygen atoms in total. The zero-order valence-corrected chi connectivity index (χ0v) is 21.5. The van der Waals surface area contributed by atoms with E-state index in [2.05, 4.69) is 12.4 Å². The maximum absolute atomic E-state index is 11.6. The van der Waals surface area contributed by atoms with Crippen molar-refractivity contribution in [1.82, 2.24) is 5.48 Å². The van der Waals surface area contributed by atoms with E-state index in [1.165, 1.54) is 77.0 Å². The monoisotopic (exact) mass is 478 g/mol. The zero-order valence-electron chi connectivity index (χ0n) is 20.6. The van der Waals surface area contributed by atoms with Gasteiger partial charge in [-0.25, -0.2) is 15.5 Å². The van der Waals surface area contributed by atoms with Gasteiger partial charge in [-0.3, -0.25) is 9.36 Å². The highest BCUT2D eigenvalue weighted by Crippen LogP contribution is 2.39. The van der Waals surface area contributed by atoms with E-state index in [-0.39, 0.29) is 12.6 Å². The summed E-state index contributed by atoms with van der Waals surface area (Å²) in [5.74, 6) is 0. The molecule has 0 aromatic heterocycles. The Morgan fingerprint density at radius 1 is 0.938 bits per heavy atom. The molecule has 0 aromatic carbocycles. The smallest absolute Gasteiger partial charge is 0.376 e. The molecule has 0 bridgehead atoms. The van der Waals surface area contributed by atoms with Crippen LogP contribution >= 0.6 is 7.75 Å². The van der Waals surface area contributed by atoms with E-state index in [1.807, 2.05) is 7.85 Å². The van der Waals surface area contributed by atoms with Crippen LogP contribution in [0.25, 0.3) is 0 Å². The Labute approximate surface area is 196 Å². The molecule has 190 valence electrons. The summed E-state index contributed by atoms with van der Waals surface area (Å²) in [6, 6.07) is -0.274. The molecule has 1 aliphatic heterocycles. The number of hydrogen-bond acceptors (Lipinski definition) is 6. The van der Waals surface area contributed by atoms with Gasteiger partial charge in [0.05, 0.1) is 12.6 Å². The van der Waals surface area contributed by atoms with Gasteiger partial charge in [0.1, 0.15) is 26.2 Å². The molecule has 32 heavy (non-hydrogen) atoms. The fourth-order valence-electron chi connectivity index (χ4n) is 4.26. The fourth-order valence-corrected chi connectivity index (χ4v) is 4.86. The first-order chi connectivity index (χ1) is 15.4. The van der Waals surface area contributed by atoms with Crippen molar-refractivity contribution in [2.45, 2.75) is 121 Å². The van der Waals surface area contributed by atoms with E-state index < -0.39 is 26.1 Å². The summed E-state index contributed by atoms with van der Waals surface area (Å²) >= 11 is 0. The van der Waals surface area contributed by atoms with Gasteiger partial charge < -0.3 is 14.4 Å². The van der Waals surface area contributed by atoms with Gasteiger partial charge in [0, 0.05) is 13.7 Å². The highest BCUT2D eigenvalue weighted by Gasteiger charge is 2.46. The van der Waals surface area contributed by atoms with E-state index in [1.54, 1.807) is 7.05 Å². The molecule has 0 saturated carbocycles. The first kappa shape index (κ1) is 30.0. The van der Waals surface area contributed by atoms with Crippen LogP contribution in [0.4, 0.5) is 0 Å². The van der Waals surface area contributed by atoms with Crippen LogP contribution in [0.1, 0.15) is 96.8 Å². The molecule has 1 aliphatic rings. The molecule has 0 amide bonds. The van der Waals surface area contributed by atoms with E-state index in [0.717, 1.165) is 12.8 Å². The zero-order chi connectivity index (χ0) is 23.7. The second-order valence-corrected chi connectivity index (χ2v) is 10.3. The summed E-state index contributed by atoms with van der Waals surface area (Å²) in [4.78, 5) is 14.6. The van der Waals surface area contributed by atoms with Crippen molar-refractivity contribution in [3.05, 3.63) is 0 Å². The van der Waals surface area contributed by atoms with Gasteiger partial charge in [-0.2, -0.15) is 0 Å². The van der Waals surface area contributed by atoms with Crippen molar-refractivity contribution in [3.8, 4) is 0 Å². The third-order valence-corrected chi connectivity index (χ3v) is 6.56. The summed E-state index contributed by atoms with van der Waals surface area (Å²) in [5, 5.41) is 0. The summed E-state index contributed by atoms with van der Waals surface area (Å²) in [7, 11) is -0.657. The lowest BCUT2D eigenvalue weighted by Crippen LogP contribution is -2.40. The van der Waals surface area contributed by atoms with Crippen molar-refractivity contribution >= 4 is 15.6 Å². The molecule has 0 spiro atoms. The van der Waals surface area contributed by atoms with Crippen LogP contribution in [0.15, 0.2) is 0 Å². The number of nitrogens with two attached hydrogens (primary N) is 1. The van der Waals surface area contributed by atoms with Crippen LogP contribution in [0, 0.1) is 0 Å². The number of unbranched alkanes of at least 4 members (excludes halogenated alkanes) is 13. The van der Waals surface area contributed by atoms with E-state index >= 15 is 0 Å². The molecule has 10 heteroatoms. The highest BCUT2D eigenvalue weighted by atomic mass is 31.2. The van der Waals surface area contributed by atoms with Gasteiger partial charge in [-0.05, 0) is 6.42 Å². The standard InChI is InChI=1S/C22H48BN2O6P/c1-3-4-5-6-7-8-9-10-11-12-13-14-15-16-17-28-21-20(31-32(24,26)27)19(18-29-25-2)30-22(21)23/h19-22,25H,3-18,23H2,1-2H3,(H3,24,26,27)/t19-,20?,21?,22-/m1/s1. The second kappa shape index (κ2) is 18.4. The Balaban J connectivity index is 2.09. The van der Waals surface area contributed by atoms with Gasteiger partial charge in [0.2, 0.25) is 0 Å². The molecule has 3 unspecified atom stereocenters. The van der Waals surface area contributed by atoms with E-state index in [9.17, 15) is 9.46 Å². The lowest BCUT2D eigenvalue weighted by atomic mass is 9.93. The fraction of sp³-hybridized carbons (Fsp3) is 1.00. The molecular weight excluding hydrogens is 430 g/mol. The lowest BCUT2D eigenvalue weighted by molar-refractivity contribution is -0.0558. The van der Waals surface area contributed by atoms with E-state index in [4.69, 9.17) is 24.3 Å². The van der Waals surface area contributed by atoms with Crippen molar-refractivity contribution in [3.63, 3.8) is 0 Å². The minimum atomic E-state index is -4.16. The molecule has 1 fully saturated rings. The Bertz CT molecular complexity index is 499. The molecule has 1 heterocycles. The van der Waals surface area contributed by atoms with Crippen molar-refractivity contribution in [2.24, 2.45) is 5.50 Å². The molecular formula is C22H48BN2O6P. The average Bonchev–Trinajstić information content (AvgIpc) is 3.02. The summed E-state index contributed by atoms with van der Waals surface area (Å²) in [6.07, 6.45) is 16.6. The molecule has 0 aliphatic carbocycles. The number of rotatable bonds is 21. The maximum Gasteiger partial charge on any atom is 0.400 e. The molecule has 0 aromatic rings. The topological polar surface area (TPSA) is 112 Å². The lowest BCUT2D eigenvalue weighted by Gasteiger charge is -2.24. The van der Waals surface area contributed by atoms with Gasteiger partial charge >= 0.3 is 7.75 Å². The van der Waals surface area contributed by atoms with Gasteiger partial charge in [-0.15, -0.1) is 0 Å². The normalized spacial score (nSPS) is 25.2. The van der Waals surface area contributed by atoms with Crippen LogP contribution in [-0.4, -0.2) is 57.3 Å². The quantitative estimate of drug-likeness (QED) is 0.0989. The number of nitrogens with one attached hydrogen (secondary N) is 1. The number of hydrogen-bond donors (Lipinski definition) is 3. The molecule has 0 radical (unpaired) electrons. The van der Waals surface area contributed by atoms with Crippen LogP contribution < -0.4 is 11.0 Å². The van der Waals surface area contributed by atoms with Crippen molar-refractivity contribution in [2.75, 3.05) is 20.3 Å². The minimum Gasteiger partial charge on any atom is -0.376 e. The third-order valence-electron chi connectivity index (χ3n) is 6.02. The van der Waals surface area contributed by atoms with Gasteiger partial charge in [0.15, 0.2) is 0 Å². The van der Waals surface area contributed by atoms with Gasteiger partial charge in [-0.1, -0.05) is 90.4 Å². The van der Waals surface area contributed by atoms with Crippen LogP contribution in [-0.2, 0) is 23.4 Å². The molecule has 1 saturated heterocycles. The average molecular weight is 478 g/mol. The first-order valence-electron chi connectivity index (χ1n) is 12.7. The Kier molecular flexibility index (Phi) is 17.2. The Hall–Kier alpha value is 0.0149. The predicted molar refractivity (Wildman–Crippen MR) is 131 cm³/mol. The molecule has 4 N–H and O–H groups in total. The SMILES string of the molecule is B[C@@H]1O[C@H](CONC)C(OP(N)(=O)O)C1OCCCCCCCCCCCCCCCC. The van der Waals surface area contributed by atoms with Gasteiger partial charge in [0.25, 0.3) is 0 Å². The van der Waals surface area contributed by atoms with Crippen LogP contribution in [0.2, 0.25) is 0 Å². The third kappa shape index (κ3) is 14.3. The largest absolute Gasteiger partial charge is 0.400 e. The van der Waals surface area contributed by atoms with Crippen molar-refractivity contribution in [1.29, 1.82) is 0 Å². The Morgan fingerprint density at radius 2 is 1.44 bits per heavy atom. The Morgan fingerprint density at radius 3 is 1.91 bits per heavy atom. The van der Waals surface area contributed by atoms with Crippen LogP contribution in [0.3, 0.4) is 0 Å². The predicted octanol–water partition coefficient (Wildman–Crippen LogP) is 3.81. The summed E-state index contributed by atoms with van der Waals surface area (Å²) in [5.41, 5.74) is 7.79. The second-order valence-electron chi connectivity index (χ2n) is 8.96. The highest BCUT2D eigenvalue weighted by molar-refractivity contribution is 7.50. The molecule has 5 atom stereocenters. The maximum atomic E-state index is 11.6. The minimum absolute atomic E-state index is 0.171. The summed E-state index contributed by atoms with van der Waals surface area (Å²) in [6.45, 7) is 3.00. The van der Waals surface area contributed by atoms with Crippen molar-refractivity contribution < 1.29 is 28.3 Å². The van der Waals surface area contributed by atoms with Crippen LogP contribution in [0.5, 0.6) is 0 Å². The molecule has 1 rings (SSSR count). The van der Waals surface area contributed by atoms with E-state index in [0.29, 0.717) is 6.61 Å². The first-order valence-corrected chi connectivity index (χ1v) is 14.4. The number of ether oxygens (including phenoxy) is 2. The number of hydroxylamine groups is 1.